The first-order valence-electron chi connectivity index (χ1n) is 13.0. The van der Waals surface area contributed by atoms with E-state index >= 15 is 0 Å². The second-order valence-electron chi connectivity index (χ2n) is 10.3. The Bertz CT molecular complexity index is 1300. The average Bonchev–Trinajstić information content (AvgIpc) is 3.66. The zero-order chi connectivity index (χ0) is 24.6. The van der Waals surface area contributed by atoms with Crippen molar-refractivity contribution in [3.8, 4) is 0 Å². The Balaban J connectivity index is 1.13. The van der Waals surface area contributed by atoms with Gasteiger partial charge in [-0.05, 0) is 62.1 Å². The summed E-state index contributed by atoms with van der Waals surface area (Å²) in [7, 11) is 1.83. The van der Waals surface area contributed by atoms with Crippen molar-refractivity contribution < 1.29 is 9.53 Å². The lowest BCUT2D eigenvalue weighted by molar-refractivity contribution is 0.0580. The number of rotatable bonds is 5. The van der Waals surface area contributed by atoms with Gasteiger partial charge in [-0.15, -0.1) is 0 Å². The Morgan fingerprint density at radius 1 is 1.17 bits per heavy atom. The van der Waals surface area contributed by atoms with Gasteiger partial charge < -0.3 is 24.4 Å². The van der Waals surface area contributed by atoms with Crippen molar-refractivity contribution in [2.75, 3.05) is 43.6 Å². The van der Waals surface area contributed by atoms with Crippen molar-refractivity contribution in [1.82, 2.24) is 24.6 Å². The highest BCUT2D eigenvalue weighted by atomic mass is 16.5. The molecule has 3 aromatic rings. The van der Waals surface area contributed by atoms with Crippen LogP contribution in [0.5, 0.6) is 0 Å². The monoisotopic (exact) mass is 491 g/mol. The number of carbonyl (C=O) groups excluding carboxylic acids is 1. The van der Waals surface area contributed by atoms with Gasteiger partial charge in [0.05, 0.1) is 30.7 Å². The quantitative estimate of drug-likeness (QED) is 0.566. The maximum atomic E-state index is 13.3. The van der Waals surface area contributed by atoms with Crippen LogP contribution in [-0.4, -0.2) is 70.1 Å². The smallest absolute Gasteiger partial charge is 0.321 e. The van der Waals surface area contributed by atoms with E-state index in [-0.39, 0.29) is 23.7 Å². The molecule has 10 nitrogen and oxygen atoms in total. The maximum absolute atomic E-state index is 13.3. The summed E-state index contributed by atoms with van der Waals surface area (Å²) < 4.78 is 7.43. The third kappa shape index (κ3) is 4.57. The number of carbonyl (C=O) groups is 1. The molecule has 6 rings (SSSR count). The number of urea groups is 1. The first kappa shape index (κ1) is 23.0. The molecular weight excluding hydrogens is 458 g/mol. The van der Waals surface area contributed by atoms with Crippen LogP contribution in [0.1, 0.15) is 56.0 Å². The van der Waals surface area contributed by atoms with Crippen molar-refractivity contribution >= 4 is 28.4 Å². The Kier molecular flexibility index (Phi) is 6.12. The molecule has 36 heavy (non-hydrogen) atoms. The first-order valence-corrected chi connectivity index (χ1v) is 13.0. The molecule has 0 radical (unpaired) electrons. The second-order valence-corrected chi connectivity index (χ2v) is 10.3. The number of ether oxygens (including phenoxy) is 1. The zero-order valence-electron chi connectivity index (χ0n) is 20.7. The second kappa shape index (κ2) is 9.57. The summed E-state index contributed by atoms with van der Waals surface area (Å²) in [6.45, 7) is 2.95. The van der Waals surface area contributed by atoms with Crippen LogP contribution in [0.25, 0.3) is 11.0 Å². The Morgan fingerprint density at radius 3 is 2.75 bits per heavy atom. The molecule has 3 aromatic heterocycles. The molecule has 10 heteroatoms. The number of piperidine rings is 1. The van der Waals surface area contributed by atoms with Gasteiger partial charge in [-0.1, -0.05) is 0 Å². The lowest BCUT2D eigenvalue weighted by atomic mass is 10.0. The molecule has 5 heterocycles. The molecule has 2 N–H and O–H groups in total. The van der Waals surface area contributed by atoms with Gasteiger partial charge in [0, 0.05) is 44.4 Å². The molecule has 1 aliphatic carbocycles. The summed E-state index contributed by atoms with van der Waals surface area (Å²) in [4.78, 5) is 35.0. The Labute approximate surface area is 209 Å². The molecule has 190 valence electrons. The number of H-pyrrole nitrogens is 1. The number of aromatic amines is 1. The van der Waals surface area contributed by atoms with Crippen molar-refractivity contribution in [3.63, 3.8) is 0 Å². The van der Waals surface area contributed by atoms with Crippen molar-refractivity contribution in [2.24, 2.45) is 0 Å². The number of aromatic nitrogens is 4. The number of anilines is 2. The van der Waals surface area contributed by atoms with E-state index in [1.807, 2.05) is 25.5 Å². The number of pyridine rings is 2. The van der Waals surface area contributed by atoms with E-state index in [1.165, 1.54) is 0 Å². The topological polar surface area (TPSA) is 108 Å². The number of nitrogens with zero attached hydrogens (tertiary/aromatic N) is 5. The fourth-order valence-electron chi connectivity index (χ4n) is 5.45. The van der Waals surface area contributed by atoms with Crippen molar-refractivity contribution in [1.29, 1.82) is 0 Å². The summed E-state index contributed by atoms with van der Waals surface area (Å²) >= 11 is 0. The van der Waals surface area contributed by atoms with Crippen LogP contribution >= 0.6 is 0 Å². The molecule has 2 saturated heterocycles. The van der Waals surface area contributed by atoms with E-state index < -0.39 is 0 Å². The van der Waals surface area contributed by atoms with Crippen molar-refractivity contribution in [3.05, 3.63) is 46.6 Å². The predicted octanol–water partition coefficient (Wildman–Crippen LogP) is 3.48. The first-order chi connectivity index (χ1) is 17.6. The fourth-order valence-corrected chi connectivity index (χ4v) is 5.45. The van der Waals surface area contributed by atoms with E-state index in [9.17, 15) is 9.59 Å². The van der Waals surface area contributed by atoms with Gasteiger partial charge in [0.15, 0.2) is 5.65 Å². The van der Waals surface area contributed by atoms with Gasteiger partial charge in [-0.3, -0.25) is 9.89 Å². The highest BCUT2D eigenvalue weighted by Gasteiger charge is 2.29. The minimum atomic E-state index is -0.230. The SMILES string of the molecule is CN(C(=O)Nc1cc(C2CC2)cn([C@H]2CCCOC2)c1=O)C1CCN(c2cnc3[nH]ncc3c2)CC1. The normalized spacial score (nSPS) is 21.0. The lowest BCUT2D eigenvalue weighted by Crippen LogP contribution is -2.47. The molecule has 0 spiro atoms. The molecule has 1 atom stereocenters. The van der Waals surface area contributed by atoms with Crippen LogP contribution in [0.15, 0.2) is 35.5 Å². The number of hydrogen-bond donors (Lipinski definition) is 2. The van der Waals surface area contributed by atoms with E-state index in [1.54, 1.807) is 15.7 Å². The minimum absolute atomic E-state index is 0.0263. The Morgan fingerprint density at radius 2 is 2.00 bits per heavy atom. The highest BCUT2D eigenvalue weighted by Crippen LogP contribution is 2.40. The fraction of sp³-hybridized carbons (Fsp3) is 0.538. The number of amides is 2. The van der Waals surface area contributed by atoms with Crippen LogP contribution in [-0.2, 0) is 4.74 Å². The number of nitrogens with one attached hydrogen (secondary N) is 2. The number of fused-ring (bicyclic) bond motifs is 1. The van der Waals surface area contributed by atoms with E-state index in [0.29, 0.717) is 18.2 Å². The Hall–Kier alpha value is -3.40. The molecule has 0 aromatic carbocycles. The molecule has 2 aliphatic heterocycles. The predicted molar refractivity (Wildman–Crippen MR) is 138 cm³/mol. The minimum Gasteiger partial charge on any atom is -0.379 e. The molecule has 3 aliphatic rings. The zero-order valence-corrected chi connectivity index (χ0v) is 20.7. The van der Waals surface area contributed by atoms with Crippen molar-refractivity contribution in [2.45, 2.75) is 56.5 Å². The van der Waals surface area contributed by atoms with E-state index in [2.05, 4.69) is 31.5 Å². The van der Waals surface area contributed by atoms with Gasteiger partial charge in [0.25, 0.3) is 5.56 Å². The molecule has 0 bridgehead atoms. The van der Waals surface area contributed by atoms with Gasteiger partial charge in [0.1, 0.15) is 5.69 Å². The summed E-state index contributed by atoms with van der Waals surface area (Å²) in [6, 6.07) is 3.88. The summed E-state index contributed by atoms with van der Waals surface area (Å²) in [5.41, 5.74) is 3.21. The average molecular weight is 492 g/mol. The third-order valence-corrected chi connectivity index (χ3v) is 7.86. The molecule has 3 fully saturated rings. The van der Waals surface area contributed by atoms with Crippen LogP contribution in [0.2, 0.25) is 0 Å². The third-order valence-electron chi connectivity index (χ3n) is 7.86. The summed E-state index contributed by atoms with van der Waals surface area (Å²) in [5, 5.41) is 10.9. The van der Waals surface area contributed by atoms with Gasteiger partial charge in [-0.25, -0.2) is 9.78 Å². The molecule has 1 saturated carbocycles. The molecule has 2 amide bonds. The van der Waals surface area contributed by atoms with Crippen LogP contribution in [0, 0.1) is 0 Å². The van der Waals surface area contributed by atoms with Crippen LogP contribution in [0.3, 0.4) is 0 Å². The molecule has 0 unspecified atom stereocenters. The van der Waals surface area contributed by atoms with Crippen LogP contribution in [0.4, 0.5) is 16.2 Å². The van der Waals surface area contributed by atoms with E-state index in [4.69, 9.17) is 4.74 Å². The van der Waals surface area contributed by atoms with Crippen LogP contribution < -0.4 is 15.8 Å². The van der Waals surface area contributed by atoms with Gasteiger partial charge >= 0.3 is 6.03 Å². The largest absolute Gasteiger partial charge is 0.379 e. The van der Waals surface area contributed by atoms with Gasteiger partial charge in [0.2, 0.25) is 0 Å². The standard InChI is InChI=1S/C26H33N7O3/c1-31(20-6-8-32(9-7-20)22-11-18-13-28-30-24(18)27-14-22)26(35)29-23-12-19(17-4-5-17)15-33(25(23)34)21-3-2-10-36-16-21/h11-15,17,20-21H,2-10,16H2,1H3,(H,29,35)(H,27,28,30)/t21-/m0/s1. The summed E-state index contributed by atoms with van der Waals surface area (Å²) in [6.07, 6.45) is 11.5. The maximum Gasteiger partial charge on any atom is 0.321 e. The molecular formula is C26H33N7O3. The number of hydrogen-bond acceptors (Lipinski definition) is 6. The van der Waals surface area contributed by atoms with E-state index in [0.717, 1.165) is 80.5 Å². The lowest BCUT2D eigenvalue weighted by Gasteiger charge is -2.37. The van der Waals surface area contributed by atoms with Gasteiger partial charge in [-0.2, -0.15) is 5.10 Å². The highest BCUT2D eigenvalue weighted by molar-refractivity contribution is 5.89. The summed E-state index contributed by atoms with van der Waals surface area (Å²) in [5.74, 6) is 0.481.